The highest BCUT2D eigenvalue weighted by atomic mass is 35.5. The van der Waals surface area contributed by atoms with Crippen LogP contribution in [-0.4, -0.2) is 44.9 Å². The quantitative estimate of drug-likeness (QED) is 0.733. The summed E-state index contributed by atoms with van der Waals surface area (Å²) in [7, 11) is -3.67. The number of piperidine rings is 1. The molecule has 166 valence electrons. The molecule has 1 amide bonds. The highest BCUT2D eigenvalue weighted by Crippen LogP contribution is 2.33. The molecule has 2 aromatic carbocycles. The van der Waals surface area contributed by atoms with Gasteiger partial charge in [-0.2, -0.15) is 4.31 Å². The second-order valence-corrected chi connectivity index (χ2v) is 10.2. The van der Waals surface area contributed by atoms with Crippen LogP contribution in [0.5, 0.6) is 11.5 Å². The fraction of sp³-hybridized carbons (Fsp3) is 0.409. The van der Waals surface area contributed by atoms with Gasteiger partial charge in [-0.05, 0) is 61.7 Å². The van der Waals surface area contributed by atoms with Gasteiger partial charge in [-0.3, -0.25) is 4.79 Å². The summed E-state index contributed by atoms with van der Waals surface area (Å²) < 4.78 is 38.5. The van der Waals surface area contributed by atoms with Crippen LogP contribution < -0.4 is 14.8 Å². The SMILES string of the molecule is C[C@@H](NC(=O)[C@@H]1CCCN(S(=O)(=O)c2ccc(Cl)cc2)C1)c1ccc2c(c1)OCCO2. The molecular formula is C22H25ClN2O5S. The van der Waals surface area contributed by atoms with Crippen LogP contribution in [-0.2, 0) is 14.8 Å². The molecule has 7 nitrogen and oxygen atoms in total. The van der Waals surface area contributed by atoms with E-state index in [4.69, 9.17) is 21.1 Å². The Hall–Kier alpha value is -2.29. The van der Waals surface area contributed by atoms with Crippen molar-refractivity contribution in [3.8, 4) is 11.5 Å². The van der Waals surface area contributed by atoms with Gasteiger partial charge in [-0.15, -0.1) is 0 Å². The first-order chi connectivity index (χ1) is 14.8. The van der Waals surface area contributed by atoms with Gasteiger partial charge in [0.2, 0.25) is 15.9 Å². The highest BCUT2D eigenvalue weighted by molar-refractivity contribution is 7.89. The number of ether oxygens (including phenoxy) is 2. The van der Waals surface area contributed by atoms with Crippen LogP contribution in [0.4, 0.5) is 0 Å². The van der Waals surface area contributed by atoms with Gasteiger partial charge >= 0.3 is 0 Å². The smallest absolute Gasteiger partial charge is 0.243 e. The summed E-state index contributed by atoms with van der Waals surface area (Å²) in [6, 6.07) is 11.5. The second kappa shape index (κ2) is 9.06. The van der Waals surface area contributed by atoms with Crippen LogP contribution in [0.25, 0.3) is 0 Å². The standard InChI is InChI=1S/C22H25ClN2O5S/c1-15(16-4-9-20-21(13-16)30-12-11-29-20)24-22(26)17-3-2-10-25(14-17)31(27,28)19-7-5-18(23)6-8-19/h4-9,13,15,17H,2-3,10-12,14H2,1H3,(H,24,26)/t15-,17-/m1/s1. The van der Waals surface area contributed by atoms with E-state index in [2.05, 4.69) is 5.32 Å². The van der Waals surface area contributed by atoms with E-state index in [0.29, 0.717) is 49.1 Å². The van der Waals surface area contributed by atoms with Crippen LogP contribution in [0.3, 0.4) is 0 Å². The number of amides is 1. The number of carbonyl (C=O) groups excluding carboxylic acids is 1. The summed E-state index contributed by atoms with van der Waals surface area (Å²) in [5, 5.41) is 3.49. The molecule has 2 aliphatic heterocycles. The Kier molecular flexibility index (Phi) is 6.41. The number of benzene rings is 2. The summed E-state index contributed by atoms with van der Waals surface area (Å²) in [5.41, 5.74) is 0.902. The summed E-state index contributed by atoms with van der Waals surface area (Å²) in [6.45, 7) is 3.47. The fourth-order valence-corrected chi connectivity index (χ4v) is 5.52. The van der Waals surface area contributed by atoms with Crippen molar-refractivity contribution in [3.63, 3.8) is 0 Å². The number of sulfonamides is 1. The molecule has 0 aromatic heterocycles. The number of carbonyl (C=O) groups is 1. The Bertz CT molecular complexity index is 1060. The highest BCUT2D eigenvalue weighted by Gasteiger charge is 2.33. The normalized spacial score (nSPS) is 20.1. The first-order valence-electron chi connectivity index (χ1n) is 10.3. The van der Waals surface area contributed by atoms with E-state index in [9.17, 15) is 13.2 Å². The zero-order chi connectivity index (χ0) is 22.0. The monoisotopic (exact) mass is 464 g/mol. The van der Waals surface area contributed by atoms with Crippen LogP contribution in [0.2, 0.25) is 5.02 Å². The van der Waals surface area contributed by atoms with Crippen molar-refractivity contribution in [2.24, 2.45) is 5.92 Å². The van der Waals surface area contributed by atoms with E-state index in [1.54, 1.807) is 12.1 Å². The molecule has 4 rings (SSSR count). The average Bonchev–Trinajstić information content (AvgIpc) is 2.79. The van der Waals surface area contributed by atoms with Gasteiger partial charge in [-0.25, -0.2) is 8.42 Å². The lowest BCUT2D eigenvalue weighted by molar-refractivity contribution is -0.126. The van der Waals surface area contributed by atoms with Gasteiger partial charge in [0.05, 0.1) is 16.9 Å². The molecule has 2 aliphatic rings. The molecule has 0 saturated carbocycles. The maximum atomic E-state index is 13.0. The molecule has 1 N–H and O–H groups in total. The van der Waals surface area contributed by atoms with E-state index < -0.39 is 15.9 Å². The van der Waals surface area contributed by atoms with Gasteiger partial charge in [0.25, 0.3) is 0 Å². The first-order valence-corrected chi connectivity index (χ1v) is 12.1. The molecule has 0 spiro atoms. The van der Waals surface area contributed by atoms with Crippen LogP contribution in [0.1, 0.15) is 31.4 Å². The predicted molar refractivity (Wildman–Crippen MR) is 117 cm³/mol. The zero-order valence-corrected chi connectivity index (χ0v) is 18.8. The topological polar surface area (TPSA) is 84.9 Å². The third-order valence-corrected chi connectivity index (χ3v) is 7.76. The first kappa shape index (κ1) is 21.9. The number of hydrogen-bond acceptors (Lipinski definition) is 5. The van der Waals surface area contributed by atoms with Crippen LogP contribution in [0, 0.1) is 5.92 Å². The average molecular weight is 465 g/mol. The molecule has 2 atom stereocenters. The summed E-state index contributed by atoms with van der Waals surface area (Å²) in [4.78, 5) is 13.1. The Balaban J connectivity index is 1.42. The van der Waals surface area contributed by atoms with Gasteiger partial charge in [0.1, 0.15) is 13.2 Å². The van der Waals surface area contributed by atoms with Crippen molar-refractivity contribution in [3.05, 3.63) is 53.1 Å². The maximum absolute atomic E-state index is 13.0. The Morgan fingerprint density at radius 3 is 2.58 bits per heavy atom. The molecule has 0 bridgehead atoms. The minimum Gasteiger partial charge on any atom is -0.486 e. The van der Waals surface area contributed by atoms with E-state index in [-0.39, 0.29) is 23.4 Å². The van der Waals surface area contributed by atoms with Crippen molar-refractivity contribution in [1.82, 2.24) is 9.62 Å². The Morgan fingerprint density at radius 1 is 1.13 bits per heavy atom. The van der Waals surface area contributed by atoms with Crippen molar-refractivity contribution in [2.75, 3.05) is 26.3 Å². The van der Waals surface area contributed by atoms with Crippen molar-refractivity contribution < 1.29 is 22.7 Å². The molecule has 1 fully saturated rings. The van der Waals surface area contributed by atoms with Gasteiger partial charge in [0.15, 0.2) is 11.5 Å². The lowest BCUT2D eigenvalue weighted by Gasteiger charge is -2.32. The second-order valence-electron chi connectivity index (χ2n) is 7.79. The number of fused-ring (bicyclic) bond motifs is 1. The number of halogens is 1. The number of hydrogen-bond donors (Lipinski definition) is 1. The van der Waals surface area contributed by atoms with E-state index >= 15 is 0 Å². The van der Waals surface area contributed by atoms with E-state index in [1.807, 2.05) is 25.1 Å². The van der Waals surface area contributed by atoms with E-state index in [1.165, 1.54) is 16.4 Å². The summed E-state index contributed by atoms with van der Waals surface area (Å²) >= 11 is 5.87. The molecule has 2 aromatic rings. The predicted octanol–water partition coefficient (Wildman–Crippen LogP) is 3.39. The summed E-state index contributed by atoms with van der Waals surface area (Å²) in [5.74, 6) is 0.806. The fourth-order valence-electron chi connectivity index (χ4n) is 3.87. The molecule has 0 radical (unpaired) electrons. The lowest BCUT2D eigenvalue weighted by Crippen LogP contribution is -2.45. The van der Waals surface area contributed by atoms with Crippen molar-refractivity contribution in [1.29, 1.82) is 0 Å². The van der Waals surface area contributed by atoms with Gasteiger partial charge in [0, 0.05) is 18.1 Å². The molecule has 2 heterocycles. The summed E-state index contributed by atoms with van der Waals surface area (Å²) in [6.07, 6.45) is 1.27. The van der Waals surface area contributed by atoms with Gasteiger partial charge in [-0.1, -0.05) is 17.7 Å². The molecule has 9 heteroatoms. The lowest BCUT2D eigenvalue weighted by atomic mass is 9.97. The van der Waals surface area contributed by atoms with Crippen molar-refractivity contribution in [2.45, 2.75) is 30.7 Å². The van der Waals surface area contributed by atoms with Crippen LogP contribution in [0.15, 0.2) is 47.4 Å². The zero-order valence-electron chi connectivity index (χ0n) is 17.2. The molecule has 0 aliphatic carbocycles. The Labute approximate surface area is 187 Å². The Morgan fingerprint density at radius 2 is 1.84 bits per heavy atom. The third kappa shape index (κ3) is 4.81. The number of nitrogens with zero attached hydrogens (tertiary/aromatic N) is 1. The molecule has 1 saturated heterocycles. The number of rotatable bonds is 5. The number of nitrogens with one attached hydrogen (secondary N) is 1. The maximum Gasteiger partial charge on any atom is 0.243 e. The molecule has 31 heavy (non-hydrogen) atoms. The van der Waals surface area contributed by atoms with Crippen LogP contribution >= 0.6 is 11.6 Å². The largest absolute Gasteiger partial charge is 0.486 e. The minimum atomic E-state index is -3.67. The van der Waals surface area contributed by atoms with Crippen molar-refractivity contribution >= 4 is 27.5 Å². The minimum absolute atomic E-state index is 0.154. The molecule has 0 unspecified atom stereocenters. The molecular weight excluding hydrogens is 440 g/mol. The van der Waals surface area contributed by atoms with E-state index in [0.717, 1.165) is 5.56 Å². The third-order valence-electron chi connectivity index (χ3n) is 5.63. The van der Waals surface area contributed by atoms with Gasteiger partial charge < -0.3 is 14.8 Å².